The van der Waals surface area contributed by atoms with Crippen molar-refractivity contribution in [3.05, 3.63) is 99.3 Å². The molecule has 0 bridgehead atoms. The van der Waals surface area contributed by atoms with Crippen molar-refractivity contribution in [2.24, 2.45) is 0 Å². The molecule has 1 aromatic heterocycles. The highest BCUT2D eigenvalue weighted by Gasteiger charge is 2.19. The van der Waals surface area contributed by atoms with Gasteiger partial charge in [-0.25, -0.2) is 9.67 Å². The molecule has 9 heteroatoms. The van der Waals surface area contributed by atoms with Crippen LogP contribution in [0.25, 0.3) is 17.1 Å². The molecule has 8 nitrogen and oxygen atoms in total. The van der Waals surface area contributed by atoms with Crippen LogP contribution in [0.15, 0.2) is 83.3 Å². The van der Waals surface area contributed by atoms with E-state index < -0.39 is 10.8 Å². The Bertz CT molecular complexity index is 1220. The van der Waals surface area contributed by atoms with Gasteiger partial charge < -0.3 is 5.32 Å². The standard InChI is InChI=1S/C21H14BrN5O3/c22-15-11-9-14(10-12-15)20-24-19(25-26(20)17-6-2-1-3-7-17)21(28)23-16-5-4-8-18(13-16)27(29)30/h1-13H,(H,23,28). The number of carbonyl (C=O) groups is 1. The third-order valence-corrected chi connectivity index (χ3v) is 4.76. The number of rotatable bonds is 5. The summed E-state index contributed by atoms with van der Waals surface area (Å²) in [7, 11) is 0. The number of aromatic nitrogens is 3. The van der Waals surface area contributed by atoms with Gasteiger partial charge in [0.15, 0.2) is 5.82 Å². The Hall–Kier alpha value is -3.85. The predicted octanol–water partition coefficient (Wildman–Crippen LogP) is 4.86. The van der Waals surface area contributed by atoms with E-state index in [9.17, 15) is 14.9 Å². The Morgan fingerprint density at radius 1 is 1.00 bits per heavy atom. The van der Waals surface area contributed by atoms with Crippen LogP contribution in [-0.4, -0.2) is 25.6 Å². The second kappa shape index (κ2) is 8.26. The first-order valence-electron chi connectivity index (χ1n) is 8.85. The van der Waals surface area contributed by atoms with Gasteiger partial charge in [-0.1, -0.05) is 52.3 Å². The summed E-state index contributed by atoms with van der Waals surface area (Å²) in [4.78, 5) is 27.6. The number of benzene rings is 3. The average molecular weight is 464 g/mol. The maximum Gasteiger partial charge on any atom is 0.295 e. The lowest BCUT2D eigenvalue weighted by Gasteiger charge is -2.05. The number of anilines is 1. The molecule has 1 heterocycles. The van der Waals surface area contributed by atoms with Crippen molar-refractivity contribution in [2.75, 3.05) is 5.32 Å². The summed E-state index contributed by atoms with van der Waals surface area (Å²) in [6.45, 7) is 0. The number of nitro benzene ring substituents is 1. The molecule has 3 aromatic carbocycles. The number of amides is 1. The molecule has 30 heavy (non-hydrogen) atoms. The smallest absolute Gasteiger partial charge is 0.295 e. The zero-order valence-electron chi connectivity index (χ0n) is 15.4. The molecule has 0 atom stereocenters. The van der Waals surface area contributed by atoms with Crippen molar-refractivity contribution >= 4 is 33.2 Å². The van der Waals surface area contributed by atoms with Crippen LogP contribution in [0.1, 0.15) is 10.6 Å². The molecule has 0 spiro atoms. The molecule has 0 aliphatic rings. The summed E-state index contributed by atoms with van der Waals surface area (Å²) in [5, 5.41) is 18.0. The quantitative estimate of drug-likeness (QED) is 0.336. The second-order valence-electron chi connectivity index (χ2n) is 6.27. The maximum atomic E-state index is 12.8. The monoisotopic (exact) mass is 463 g/mol. The highest BCUT2D eigenvalue weighted by molar-refractivity contribution is 9.10. The van der Waals surface area contributed by atoms with Crippen LogP contribution < -0.4 is 5.32 Å². The Kier molecular flexibility index (Phi) is 5.36. The summed E-state index contributed by atoms with van der Waals surface area (Å²) < 4.78 is 2.51. The molecule has 0 aliphatic heterocycles. The number of non-ortho nitro benzene ring substituents is 1. The topological polar surface area (TPSA) is 103 Å². The van der Waals surface area contributed by atoms with Gasteiger partial charge >= 0.3 is 0 Å². The van der Waals surface area contributed by atoms with E-state index in [0.29, 0.717) is 5.82 Å². The van der Waals surface area contributed by atoms with Gasteiger partial charge in [-0.05, 0) is 30.3 Å². The normalized spacial score (nSPS) is 10.6. The molecule has 4 aromatic rings. The van der Waals surface area contributed by atoms with E-state index in [-0.39, 0.29) is 17.2 Å². The fourth-order valence-electron chi connectivity index (χ4n) is 2.83. The second-order valence-corrected chi connectivity index (χ2v) is 7.19. The van der Waals surface area contributed by atoms with E-state index in [1.54, 1.807) is 10.7 Å². The average Bonchev–Trinajstić information content (AvgIpc) is 3.21. The molecule has 0 saturated carbocycles. The first kappa shape index (κ1) is 19.5. The van der Waals surface area contributed by atoms with Crippen LogP contribution in [0.2, 0.25) is 0 Å². The zero-order chi connectivity index (χ0) is 21.1. The van der Waals surface area contributed by atoms with Crippen LogP contribution in [0.4, 0.5) is 11.4 Å². The number of halogens is 1. The first-order valence-corrected chi connectivity index (χ1v) is 9.65. The number of hydrogen-bond acceptors (Lipinski definition) is 5. The molecule has 148 valence electrons. The first-order chi connectivity index (χ1) is 14.5. The van der Waals surface area contributed by atoms with Gasteiger partial charge in [0.05, 0.1) is 10.6 Å². The highest BCUT2D eigenvalue weighted by atomic mass is 79.9. The van der Waals surface area contributed by atoms with E-state index in [2.05, 4.69) is 31.3 Å². The molecule has 0 radical (unpaired) electrons. The zero-order valence-corrected chi connectivity index (χ0v) is 17.0. The molecule has 0 fully saturated rings. The van der Waals surface area contributed by atoms with Crippen molar-refractivity contribution in [3.8, 4) is 17.1 Å². The third-order valence-electron chi connectivity index (χ3n) is 4.23. The van der Waals surface area contributed by atoms with E-state index >= 15 is 0 Å². The van der Waals surface area contributed by atoms with Crippen LogP contribution in [0, 0.1) is 10.1 Å². The van der Waals surface area contributed by atoms with Gasteiger partial charge in [-0.15, -0.1) is 5.10 Å². The Labute approximate surface area is 179 Å². The number of nitrogens with zero attached hydrogens (tertiary/aromatic N) is 4. The highest BCUT2D eigenvalue weighted by Crippen LogP contribution is 2.24. The molecule has 1 N–H and O–H groups in total. The molecule has 0 aliphatic carbocycles. The Balaban J connectivity index is 1.72. The van der Waals surface area contributed by atoms with Crippen LogP contribution >= 0.6 is 15.9 Å². The molecule has 0 unspecified atom stereocenters. The van der Waals surface area contributed by atoms with E-state index in [1.807, 2.05) is 54.6 Å². The summed E-state index contributed by atoms with van der Waals surface area (Å²) >= 11 is 3.41. The van der Waals surface area contributed by atoms with Gasteiger partial charge in [0.1, 0.15) is 0 Å². The van der Waals surface area contributed by atoms with E-state index in [1.165, 1.54) is 18.2 Å². The predicted molar refractivity (Wildman–Crippen MR) is 116 cm³/mol. The van der Waals surface area contributed by atoms with Gasteiger partial charge in [-0.3, -0.25) is 14.9 Å². The number of nitro groups is 1. The summed E-state index contributed by atoms with van der Waals surface area (Å²) in [5.41, 5.74) is 1.70. The van der Waals surface area contributed by atoms with Crippen molar-refractivity contribution in [3.63, 3.8) is 0 Å². The molecule has 1 amide bonds. The number of para-hydroxylation sites is 1. The van der Waals surface area contributed by atoms with Gasteiger partial charge in [0.2, 0.25) is 5.82 Å². The largest absolute Gasteiger partial charge is 0.319 e. The third kappa shape index (κ3) is 4.11. The number of carbonyl (C=O) groups excluding carboxylic acids is 1. The summed E-state index contributed by atoms with van der Waals surface area (Å²) in [6.07, 6.45) is 0. The van der Waals surface area contributed by atoms with Gasteiger partial charge in [0.25, 0.3) is 11.6 Å². The fourth-order valence-corrected chi connectivity index (χ4v) is 3.09. The Morgan fingerprint density at radius 3 is 2.43 bits per heavy atom. The molecular weight excluding hydrogens is 450 g/mol. The summed E-state index contributed by atoms with van der Waals surface area (Å²) in [6, 6.07) is 22.5. The number of nitrogens with one attached hydrogen (secondary N) is 1. The SMILES string of the molecule is O=C(Nc1cccc([N+](=O)[O-])c1)c1nc(-c2ccc(Br)cc2)n(-c2ccccc2)n1. The summed E-state index contributed by atoms with van der Waals surface area (Å²) in [5.74, 6) is -0.121. The minimum absolute atomic E-state index is 0.0525. The lowest BCUT2D eigenvalue weighted by atomic mass is 10.2. The van der Waals surface area contributed by atoms with Crippen molar-refractivity contribution in [1.29, 1.82) is 0 Å². The van der Waals surface area contributed by atoms with Crippen molar-refractivity contribution < 1.29 is 9.72 Å². The molecular formula is C21H14BrN5O3. The van der Waals surface area contributed by atoms with Crippen LogP contribution in [-0.2, 0) is 0 Å². The molecule has 4 rings (SSSR count). The minimum atomic E-state index is -0.566. The Morgan fingerprint density at radius 2 is 1.73 bits per heavy atom. The van der Waals surface area contributed by atoms with Crippen molar-refractivity contribution in [1.82, 2.24) is 14.8 Å². The van der Waals surface area contributed by atoms with Crippen LogP contribution in [0.3, 0.4) is 0 Å². The minimum Gasteiger partial charge on any atom is -0.319 e. The lowest BCUT2D eigenvalue weighted by Crippen LogP contribution is -2.14. The fraction of sp³-hybridized carbons (Fsp3) is 0. The van der Waals surface area contributed by atoms with Crippen molar-refractivity contribution in [2.45, 2.75) is 0 Å². The molecule has 0 saturated heterocycles. The van der Waals surface area contributed by atoms with Gasteiger partial charge in [0, 0.05) is 27.9 Å². The number of hydrogen-bond donors (Lipinski definition) is 1. The van der Waals surface area contributed by atoms with E-state index in [0.717, 1.165) is 15.7 Å². The van der Waals surface area contributed by atoms with E-state index in [4.69, 9.17) is 0 Å². The lowest BCUT2D eigenvalue weighted by molar-refractivity contribution is -0.384. The van der Waals surface area contributed by atoms with Crippen LogP contribution in [0.5, 0.6) is 0 Å². The maximum absolute atomic E-state index is 12.8. The van der Waals surface area contributed by atoms with Gasteiger partial charge in [-0.2, -0.15) is 0 Å².